The molecule has 128 valence electrons. The first-order chi connectivity index (χ1) is 11.5. The number of phenolic OH excluding ortho intramolecular Hbond substituents is 1. The van der Waals surface area contributed by atoms with Crippen molar-refractivity contribution in [2.24, 2.45) is 5.10 Å². The van der Waals surface area contributed by atoms with Crippen LogP contribution in [0.1, 0.15) is 37.7 Å². The summed E-state index contributed by atoms with van der Waals surface area (Å²) in [5, 5.41) is 17.5. The van der Waals surface area contributed by atoms with Gasteiger partial charge in [-0.1, -0.05) is 19.3 Å². The molecule has 1 aromatic rings. The predicted octanol–water partition coefficient (Wildman–Crippen LogP) is 2.75. The van der Waals surface area contributed by atoms with Gasteiger partial charge >= 0.3 is 6.03 Å². The number of benzene rings is 1. The van der Waals surface area contributed by atoms with Crippen LogP contribution in [0.5, 0.6) is 11.5 Å². The molecule has 7 nitrogen and oxygen atoms in total. The van der Waals surface area contributed by atoms with Crippen molar-refractivity contribution >= 4 is 34.1 Å². The molecule has 3 rings (SSSR count). The Bertz CT molecular complexity index is 714. The predicted molar refractivity (Wildman–Crippen MR) is 91.1 cm³/mol. The lowest BCUT2D eigenvalue weighted by molar-refractivity contribution is -0.132. The van der Waals surface area contributed by atoms with Crippen molar-refractivity contribution in [2.45, 2.75) is 37.6 Å². The van der Waals surface area contributed by atoms with E-state index in [2.05, 4.69) is 26.3 Å². The zero-order valence-corrected chi connectivity index (χ0v) is 14.8. The molecule has 3 amide bonds. The number of nitrogens with zero attached hydrogens (tertiary/aromatic N) is 2. The van der Waals surface area contributed by atoms with Gasteiger partial charge in [0.15, 0.2) is 11.5 Å². The third-order valence-corrected chi connectivity index (χ3v) is 5.14. The van der Waals surface area contributed by atoms with Crippen LogP contribution in [0.25, 0.3) is 0 Å². The zero-order chi connectivity index (χ0) is 17.3. The topological polar surface area (TPSA) is 91.2 Å². The van der Waals surface area contributed by atoms with Crippen molar-refractivity contribution in [1.82, 2.24) is 10.3 Å². The third-order valence-electron chi connectivity index (χ3n) is 4.46. The molecule has 0 unspecified atom stereocenters. The van der Waals surface area contributed by atoms with Crippen molar-refractivity contribution in [3.63, 3.8) is 0 Å². The normalized spacial score (nSPS) is 20.0. The van der Waals surface area contributed by atoms with Crippen molar-refractivity contribution in [2.75, 3.05) is 7.11 Å². The fourth-order valence-corrected chi connectivity index (χ4v) is 3.57. The monoisotopic (exact) mass is 395 g/mol. The van der Waals surface area contributed by atoms with Crippen molar-refractivity contribution in [3.8, 4) is 11.5 Å². The molecule has 0 aromatic heterocycles. The van der Waals surface area contributed by atoms with Crippen LogP contribution in [0, 0.1) is 0 Å². The molecule has 1 aliphatic heterocycles. The molecule has 2 N–H and O–H groups in total. The molecule has 1 aromatic carbocycles. The van der Waals surface area contributed by atoms with Gasteiger partial charge in [0, 0.05) is 10.0 Å². The van der Waals surface area contributed by atoms with E-state index in [0.29, 0.717) is 28.6 Å². The number of hydrogen-bond donors (Lipinski definition) is 2. The number of hydrogen-bond acceptors (Lipinski definition) is 5. The van der Waals surface area contributed by atoms with Gasteiger partial charge in [0.25, 0.3) is 5.91 Å². The van der Waals surface area contributed by atoms with Crippen LogP contribution in [0.3, 0.4) is 0 Å². The molecule has 8 heteroatoms. The lowest BCUT2D eigenvalue weighted by Gasteiger charge is -2.29. The number of methoxy groups -OCH3 is 1. The van der Waals surface area contributed by atoms with Crippen LogP contribution in [0.4, 0.5) is 4.79 Å². The molecular formula is C16H18BrN3O4. The Morgan fingerprint density at radius 3 is 2.71 bits per heavy atom. The molecule has 0 bridgehead atoms. The standard InChI is InChI=1S/C16H18BrN3O4/c1-24-13-8-11(17)10(7-12(13)21)9-18-20-14(22)16(19-15(20)23)5-3-2-4-6-16/h7-9,21H,2-6H2,1H3,(H,19,23)/b18-9-. The maximum absolute atomic E-state index is 12.6. The van der Waals surface area contributed by atoms with Gasteiger partial charge in [-0.3, -0.25) is 4.79 Å². The number of phenols is 1. The first-order valence-corrected chi connectivity index (χ1v) is 8.53. The van der Waals surface area contributed by atoms with E-state index in [1.54, 1.807) is 6.07 Å². The molecule has 2 aliphatic rings. The van der Waals surface area contributed by atoms with E-state index < -0.39 is 11.6 Å². The second kappa shape index (κ2) is 6.43. The van der Waals surface area contributed by atoms with Crippen LogP contribution in [-0.4, -0.2) is 40.9 Å². The summed E-state index contributed by atoms with van der Waals surface area (Å²) in [4.78, 5) is 24.7. The Morgan fingerprint density at radius 2 is 2.04 bits per heavy atom. The van der Waals surface area contributed by atoms with Crippen molar-refractivity contribution in [1.29, 1.82) is 0 Å². The van der Waals surface area contributed by atoms with E-state index >= 15 is 0 Å². The summed E-state index contributed by atoms with van der Waals surface area (Å²) in [7, 11) is 1.45. The van der Waals surface area contributed by atoms with Crippen LogP contribution >= 0.6 is 15.9 Å². The number of amides is 3. The summed E-state index contributed by atoms with van der Waals surface area (Å²) in [6, 6.07) is 2.53. The Morgan fingerprint density at radius 1 is 1.33 bits per heavy atom. The highest BCUT2D eigenvalue weighted by Gasteiger charge is 2.51. The summed E-state index contributed by atoms with van der Waals surface area (Å²) in [6.45, 7) is 0. The molecule has 24 heavy (non-hydrogen) atoms. The number of rotatable bonds is 3. The number of nitrogens with one attached hydrogen (secondary N) is 1. The lowest BCUT2D eigenvalue weighted by Crippen LogP contribution is -2.48. The summed E-state index contributed by atoms with van der Waals surface area (Å²) in [6.07, 6.45) is 5.57. The van der Waals surface area contributed by atoms with E-state index in [4.69, 9.17) is 4.74 Å². The second-order valence-electron chi connectivity index (χ2n) is 5.98. The Kier molecular flexibility index (Phi) is 4.49. The van der Waals surface area contributed by atoms with Crippen LogP contribution < -0.4 is 10.1 Å². The number of halogens is 1. The molecule has 1 aliphatic carbocycles. The van der Waals surface area contributed by atoms with Gasteiger partial charge in [-0.15, -0.1) is 5.01 Å². The summed E-state index contributed by atoms with van der Waals surface area (Å²) in [5.74, 6) is -0.0458. The fraction of sp³-hybridized carbons (Fsp3) is 0.438. The minimum atomic E-state index is -0.800. The molecule has 1 heterocycles. The van der Waals surface area contributed by atoms with Crippen LogP contribution in [0.15, 0.2) is 21.7 Å². The number of imide groups is 1. The van der Waals surface area contributed by atoms with Crippen molar-refractivity contribution < 1.29 is 19.4 Å². The van der Waals surface area contributed by atoms with Gasteiger partial charge < -0.3 is 15.2 Å². The largest absolute Gasteiger partial charge is 0.504 e. The SMILES string of the molecule is COc1cc(Br)c(/C=N\N2C(=O)NC3(CCCCC3)C2=O)cc1O. The zero-order valence-electron chi connectivity index (χ0n) is 13.2. The van der Waals surface area contributed by atoms with Gasteiger partial charge in [0.05, 0.1) is 13.3 Å². The second-order valence-corrected chi connectivity index (χ2v) is 6.83. The quantitative estimate of drug-likeness (QED) is 0.607. The molecule has 2 fully saturated rings. The van der Waals surface area contributed by atoms with E-state index in [0.717, 1.165) is 24.3 Å². The van der Waals surface area contributed by atoms with Crippen LogP contribution in [-0.2, 0) is 4.79 Å². The number of urea groups is 1. The maximum atomic E-state index is 12.6. The highest BCUT2D eigenvalue weighted by atomic mass is 79.9. The van der Waals surface area contributed by atoms with Gasteiger partial charge in [0.2, 0.25) is 0 Å². The smallest absolute Gasteiger partial charge is 0.346 e. The number of ether oxygens (including phenoxy) is 1. The lowest BCUT2D eigenvalue weighted by atomic mass is 9.82. The maximum Gasteiger partial charge on any atom is 0.346 e. The Balaban J connectivity index is 1.83. The number of hydrazone groups is 1. The average Bonchev–Trinajstić information content (AvgIpc) is 2.79. The highest BCUT2D eigenvalue weighted by Crippen LogP contribution is 2.34. The number of carbonyl (C=O) groups excluding carboxylic acids is 2. The van der Waals surface area contributed by atoms with E-state index in [1.807, 2.05) is 0 Å². The molecule has 1 saturated carbocycles. The van der Waals surface area contributed by atoms with E-state index in [9.17, 15) is 14.7 Å². The van der Waals surface area contributed by atoms with Gasteiger partial charge in [0.1, 0.15) is 5.54 Å². The molecule has 0 atom stereocenters. The Hall–Kier alpha value is -2.09. The fourth-order valence-electron chi connectivity index (χ4n) is 3.15. The minimum Gasteiger partial charge on any atom is -0.504 e. The van der Waals surface area contributed by atoms with Gasteiger partial charge in [-0.2, -0.15) is 5.10 Å². The van der Waals surface area contributed by atoms with E-state index in [1.165, 1.54) is 19.4 Å². The summed E-state index contributed by atoms with van der Waals surface area (Å²) < 4.78 is 5.64. The molecule has 1 saturated heterocycles. The van der Waals surface area contributed by atoms with Gasteiger partial charge in [-0.25, -0.2) is 4.79 Å². The number of aromatic hydroxyl groups is 1. The van der Waals surface area contributed by atoms with E-state index in [-0.39, 0.29) is 11.7 Å². The van der Waals surface area contributed by atoms with Gasteiger partial charge in [-0.05, 0) is 40.9 Å². The van der Waals surface area contributed by atoms with Crippen molar-refractivity contribution in [3.05, 3.63) is 22.2 Å². The molecule has 1 spiro atoms. The summed E-state index contributed by atoms with van der Waals surface area (Å²) in [5.41, 5.74) is -0.273. The highest BCUT2D eigenvalue weighted by molar-refractivity contribution is 9.10. The minimum absolute atomic E-state index is 0.0527. The van der Waals surface area contributed by atoms with Crippen LogP contribution in [0.2, 0.25) is 0 Å². The molecule has 0 radical (unpaired) electrons. The molecular weight excluding hydrogens is 378 g/mol. The summed E-state index contributed by atoms with van der Waals surface area (Å²) >= 11 is 3.35. The number of carbonyl (C=O) groups is 2. The average molecular weight is 396 g/mol. The Labute approximate surface area is 147 Å². The first-order valence-electron chi connectivity index (χ1n) is 7.74. The first kappa shape index (κ1) is 16.8. The third kappa shape index (κ3) is 2.86.